The Labute approximate surface area is 114 Å². The number of halogens is 1. The van der Waals surface area contributed by atoms with Gasteiger partial charge in [-0.25, -0.2) is 0 Å². The molecule has 0 aromatic heterocycles. The molecule has 0 radical (unpaired) electrons. The van der Waals surface area contributed by atoms with Crippen LogP contribution in [0.25, 0.3) is 0 Å². The van der Waals surface area contributed by atoms with E-state index in [1.807, 2.05) is 49.4 Å². The van der Waals surface area contributed by atoms with Crippen molar-refractivity contribution in [3.63, 3.8) is 0 Å². The second-order valence-electron chi connectivity index (χ2n) is 4.10. The predicted molar refractivity (Wildman–Crippen MR) is 77.1 cm³/mol. The highest BCUT2D eigenvalue weighted by Crippen LogP contribution is 2.23. The van der Waals surface area contributed by atoms with Crippen LogP contribution in [-0.2, 0) is 6.61 Å². The smallest absolute Gasteiger partial charge is 0.124 e. The first-order valence-corrected chi connectivity index (χ1v) is 5.78. The number of hydrogen-bond donors (Lipinski definition) is 1. The zero-order chi connectivity index (χ0) is 12.1. The first-order valence-electron chi connectivity index (χ1n) is 5.78. The van der Waals surface area contributed by atoms with Crippen molar-refractivity contribution in [3.05, 3.63) is 65.7 Å². The lowest BCUT2D eigenvalue weighted by molar-refractivity contribution is 0.301. The third-order valence-electron chi connectivity index (χ3n) is 2.65. The average molecular weight is 264 g/mol. The fraction of sp³-hybridized carbons (Fsp3) is 0.200. The van der Waals surface area contributed by atoms with Gasteiger partial charge in [-0.15, -0.1) is 12.4 Å². The predicted octanol–water partition coefficient (Wildman–Crippen LogP) is 3.71. The fourth-order valence-corrected chi connectivity index (χ4v) is 1.72. The van der Waals surface area contributed by atoms with Crippen molar-refractivity contribution in [1.82, 2.24) is 0 Å². The highest BCUT2D eigenvalue weighted by molar-refractivity contribution is 5.85. The third kappa shape index (κ3) is 3.76. The minimum atomic E-state index is -0.0121. The topological polar surface area (TPSA) is 35.2 Å². The molecule has 18 heavy (non-hydrogen) atoms. The highest BCUT2D eigenvalue weighted by atomic mass is 35.5. The zero-order valence-electron chi connectivity index (χ0n) is 10.4. The molecule has 2 aromatic carbocycles. The fourth-order valence-electron chi connectivity index (χ4n) is 1.72. The van der Waals surface area contributed by atoms with E-state index in [-0.39, 0.29) is 18.4 Å². The molecule has 96 valence electrons. The summed E-state index contributed by atoms with van der Waals surface area (Å²) in [5.74, 6) is 0.867. The molecule has 3 heteroatoms. The standard InChI is InChI=1S/C15H17NO.ClH/c1-12(16)14-9-5-6-10-15(14)17-11-13-7-3-2-4-8-13;/h2-10,12H,11,16H2,1H3;1H/t12-;/m0./s1. The van der Waals surface area contributed by atoms with Crippen LogP contribution < -0.4 is 10.5 Å². The number of rotatable bonds is 4. The van der Waals surface area contributed by atoms with Gasteiger partial charge < -0.3 is 10.5 Å². The van der Waals surface area contributed by atoms with Crippen molar-refractivity contribution >= 4 is 12.4 Å². The zero-order valence-corrected chi connectivity index (χ0v) is 11.2. The Morgan fingerprint density at radius 1 is 1.00 bits per heavy atom. The molecule has 0 bridgehead atoms. The van der Waals surface area contributed by atoms with Crippen LogP contribution in [0.5, 0.6) is 5.75 Å². The highest BCUT2D eigenvalue weighted by Gasteiger charge is 2.06. The number of para-hydroxylation sites is 1. The lowest BCUT2D eigenvalue weighted by Crippen LogP contribution is -2.07. The van der Waals surface area contributed by atoms with Crippen molar-refractivity contribution in [1.29, 1.82) is 0 Å². The second-order valence-corrected chi connectivity index (χ2v) is 4.10. The quantitative estimate of drug-likeness (QED) is 0.913. The lowest BCUT2D eigenvalue weighted by Gasteiger charge is -2.13. The molecule has 2 nitrogen and oxygen atoms in total. The Morgan fingerprint density at radius 3 is 2.28 bits per heavy atom. The lowest BCUT2D eigenvalue weighted by atomic mass is 10.1. The number of nitrogens with two attached hydrogens (primary N) is 1. The Morgan fingerprint density at radius 2 is 1.61 bits per heavy atom. The van der Waals surface area contributed by atoms with Crippen LogP contribution in [0.15, 0.2) is 54.6 Å². The number of hydrogen-bond acceptors (Lipinski definition) is 2. The van der Waals surface area contributed by atoms with Gasteiger partial charge >= 0.3 is 0 Å². The molecule has 2 rings (SSSR count). The molecule has 0 aliphatic carbocycles. The summed E-state index contributed by atoms with van der Waals surface area (Å²) in [6.45, 7) is 2.54. The van der Waals surface area contributed by atoms with E-state index in [0.717, 1.165) is 16.9 Å². The van der Waals surface area contributed by atoms with Crippen molar-refractivity contribution in [3.8, 4) is 5.75 Å². The first kappa shape index (κ1) is 14.6. The van der Waals surface area contributed by atoms with Gasteiger partial charge in [-0.3, -0.25) is 0 Å². The van der Waals surface area contributed by atoms with E-state index in [4.69, 9.17) is 10.5 Å². The summed E-state index contributed by atoms with van der Waals surface area (Å²) in [6, 6.07) is 18.0. The van der Waals surface area contributed by atoms with Gasteiger partial charge in [-0.05, 0) is 18.6 Å². The van der Waals surface area contributed by atoms with Crippen molar-refractivity contribution in [2.75, 3.05) is 0 Å². The molecule has 0 spiro atoms. The summed E-state index contributed by atoms with van der Waals surface area (Å²) in [5, 5.41) is 0. The largest absolute Gasteiger partial charge is 0.489 e. The van der Waals surface area contributed by atoms with Crippen LogP contribution in [0.1, 0.15) is 24.1 Å². The van der Waals surface area contributed by atoms with Gasteiger partial charge in [0, 0.05) is 11.6 Å². The van der Waals surface area contributed by atoms with Crippen LogP contribution in [0.3, 0.4) is 0 Å². The summed E-state index contributed by atoms with van der Waals surface area (Å²) >= 11 is 0. The molecule has 0 aliphatic rings. The molecule has 0 saturated heterocycles. The molecule has 0 fully saturated rings. The molecule has 2 aromatic rings. The van der Waals surface area contributed by atoms with Gasteiger partial charge in [-0.2, -0.15) is 0 Å². The minimum Gasteiger partial charge on any atom is -0.489 e. The van der Waals surface area contributed by atoms with E-state index < -0.39 is 0 Å². The van der Waals surface area contributed by atoms with Gasteiger partial charge in [0.05, 0.1) is 0 Å². The molecule has 0 aliphatic heterocycles. The number of benzene rings is 2. The van der Waals surface area contributed by atoms with Crippen molar-refractivity contribution < 1.29 is 4.74 Å². The molecule has 0 heterocycles. The van der Waals surface area contributed by atoms with Gasteiger partial charge in [0.1, 0.15) is 12.4 Å². The van der Waals surface area contributed by atoms with E-state index >= 15 is 0 Å². The molecule has 0 saturated carbocycles. The molecule has 2 N–H and O–H groups in total. The van der Waals surface area contributed by atoms with E-state index in [0.29, 0.717) is 6.61 Å². The molecule has 0 unspecified atom stereocenters. The van der Waals surface area contributed by atoms with Gasteiger partial charge in [-0.1, -0.05) is 48.5 Å². The second kappa shape index (κ2) is 7.04. The average Bonchev–Trinajstić information content (AvgIpc) is 2.38. The summed E-state index contributed by atoms with van der Waals surface area (Å²) < 4.78 is 5.80. The Kier molecular flexibility index (Phi) is 5.69. The van der Waals surface area contributed by atoms with E-state index in [1.54, 1.807) is 0 Å². The van der Waals surface area contributed by atoms with Crippen LogP contribution in [0, 0.1) is 0 Å². The van der Waals surface area contributed by atoms with Crippen molar-refractivity contribution in [2.24, 2.45) is 5.73 Å². The van der Waals surface area contributed by atoms with Crippen LogP contribution in [0.4, 0.5) is 0 Å². The van der Waals surface area contributed by atoms with Crippen LogP contribution >= 0.6 is 12.4 Å². The van der Waals surface area contributed by atoms with Crippen molar-refractivity contribution in [2.45, 2.75) is 19.6 Å². The van der Waals surface area contributed by atoms with E-state index in [9.17, 15) is 0 Å². The molecular formula is C15H18ClNO. The van der Waals surface area contributed by atoms with Gasteiger partial charge in [0.2, 0.25) is 0 Å². The molecule has 0 amide bonds. The summed E-state index contributed by atoms with van der Waals surface area (Å²) in [6.07, 6.45) is 0. The Hall–Kier alpha value is -1.51. The number of ether oxygens (including phenoxy) is 1. The Balaban J connectivity index is 0.00000162. The van der Waals surface area contributed by atoms with Crippen LogP contribution in [0.2, 0.25) is 0 Å². The maximum atomic E-state index is 5.90. The normalized spacial score (nSPS) is 11.4. The van der Waals surface area contributed by atoms with Gasteiger partial charge in [0.15, 0.2) is 0 Å². The minimum absolute atomic E-state index is 0. The third-order valence-corrected chi connectivity index (χ3v) is 2.65. The summed E-state index contributed by atoms with van der Waals surface area (Å²) in [4.78, 5) is 0. The van der Waals surface area contributed by atoms with Crippen LogP contribution in [-0.4, -0.2) is 0 Å². The SMILES string of the molecule is C[C@H](N)c1ccccc1OCc1ccccc1.Cl. The molecule has 1 atom stereocenters. The maximum absolute atomic E-state index is 5.90. The van der Waals surface area contributed by atoms with Gasteiger partial charge in [0.25, 0.3) is 0 Å². The van der Waals surface area contributed by atoms with E-state index in [2.05, 4.69) is 12.1 Å². The first-order chi connectivity index (χ1) is 8.27. The maximum Gasteiger partial charge on any atom is 0.124 e. The molecular weight excluding hydrogens is 246 g/mol. The van der Waals surface area contributed by atoms with E-state index in [1.165, 1.54) is 0 Å². The summed E-state index contributed by atoms with van der Waals surface area (Å²) in [7, 11) is 0. The summed E-state index contributed by atoms with van der Waals surface area (Å²) in [5.41, 5.74) is 8.11. The Bertz CT molecular complexity index is 471. The monoisotopic (exact) mass is 263 g/mol.